The Bertz CT molecular complexity index is 1890. The predicted octanol–water partition coefficient (Wildman–Crippen LogP) is 11.8. The molecule has 0 bridgehead atoms. The van der Waals surface area contributed by atoms with Crippen LogP contribution < -0.4 is 5.73 Å². The number of aliphatic hydroxyl groups is 1. The van der Waals surface area contributed by atoms with Crippen molar-refractivity contribution in [2.45, 2.75) is 58.6 Å². The van der Waals surface area contributed by atoms with Crippen molar-refractivity contribution in [3.8, 4) is 0 Å². The molecule has 0 saturated heterocycles. The number of aryl methyl sites for hydroxylation is 2. The van der Waals surface area contributed by atoms with Crippen molar-refractivity contribution >= 4 is 27.6 Å². The standard InChI is InChI=1S/C23H24.C12H13N.C10H12O/c1-18-9-7-12-20(17-18)11-4-3-10-19(2)22-16-8-14-21-13-5-6-15-23(21)22;1-9(13)11-8-4-6-10-5-2-3-7-12(10)11;1-3-10(11)9-6-4-5-8(2)7-9/h4-9,11-17,19H,3,10H2,1-2H3;2-9H,13H2,1H3;3-7,10-11H,1H2,2H3/b11-4+;;/t19-;9-;/m01./s1. The van der Waals surface area contributed by atoms with E-state index in [4.69, 9.17) is 5.73 Å². The second-order valence-corrected chi connectivity index (χ2v) is 12.3. The van der Waals surface area contributed by atoms with E-state index in [-0.39, 0.29) is 6.04 Å². The van der Waals surface area contributed by atoms with E-state index in [0.29, 0.717) is 5.92 Å². The van der Waals surface area contributed by atoms with Gasteiger partial charge in [-0.2, -0.15) is 0 Å². The molecule has 240 valence electrons. The molecule has 6 aromatic rings. The average Bonchev–Trinajstić information content (AvgIpc) is 3.09. The normalized spacial score (nSPS) is 12.8. The number of fused-ring (bicyclic) bond motifs is 2. The van der Waals surface area contributed by atoms with Gasteiger partial charge in [-0.05, 0) is 83.3 Å². The maximum atomic E-state index is 9.34. The number of allylic oxidation sites excluding steroid dienone is 1. The van der Waals surface area contributed by atoms with Crippen LogP contribution in [0.2, 0.25) is 0 Å². The summed E-state index contributed by atoms with van der Waals surface area (Å²) >= 11 is 0. The molecule has 3 atom stereocenters. The largest absolute Gasteiger partial charge is 0.384 e. The van der Waals surface area contributed by atoms with Crippen molar-refractivity contribution in [1.82, 2.24) is 0 Å². The van der Waals surface area contributed by atoms with E-state index in [9.17, 15) is 5.11 Å². The molecule has 0 fully saturated rings. The van der Waals surface area contributed by atoms with E-state index in [0.717, 1.165) is 17.5 Å². The summed E-state index contributed by atoms with van der Waals surface area (Å²) in [6.07, 6.45) is 7.82. The van der Waals surface area contributed by atoms with Gasteiger partial charge in [0.25, 0.3) is 0 Å². The lowest BCUT2D eigenvalue weighted by Gasteiger charge is -2.13. The SMILES string of the molecule is C=CC(O)c1cccc(C)c1.C[C@@H](N)c1cccc2ccccc12.Cc1cccc(/C=C/CC[C@H](C)c2cccc3ccccc23)c1. The van der Waals surface area contributed by atoms with Gasteiger partial charge in [-0.3, -0.25) is 0 Å². The molecule has 0 aromatic heterocycles. The Morgan fingerprint density at radius 3 is 1.79 bits per heavy atom. The van der Waals surface area contributed by atoms with Crippen molar-refractivity contribution in [2.24, 2.45) is 5.73 Å². The minimum absolute atomic E-state index is 0.103. The molecule has 0 radical (unpaired) electrons. The summed E-state index contributed by atoms with van der Waals surface area (Å²) in [5, 5.41) is 14.6. The van der Waals surface area contributed by atoms with E-state index >= 15 is 0 Å². The molecule has 0 aliphatic heterocycles. The van der Waals surface area contributed by atoms with Gasteiger partial charge in [0.05, 0.1) is 6.10 Å². The zero-order chi connectivity index (χ0) is 33.6. The Morgan fingerprint density at radius 2 is 1.19 bits per heavy atom. The van der Waals surface area contributed by atoms with Gasteiger partial charge in [0.2, 0.25) is 0 Å². The lowest BCUT2D eigenvalue weighted by Crippen LogP contribution is -2.05. The van der Waals surface area contributed by atoms with E-state index in [1.165, 1.54) is 56.3 Å². The summed E-state index contributed by atoms with van der Waals surface area (Å²) in [5.41, 5.74) is 13.2. The Hall–Kier alpha value is -4.76. The molecule has 0 spiro atoms. The number of hydrogen-bond donors (Lipinski definition) is 2. The van der Waals surface area contributed by atoms with Gasteiger partial charge < -0.3 is 10.8 Å². The molecule has 2 nitrogen and oxygen atoms in total. The summed E-state index contributed by atoms with van der Waals surface area (Å²) in [5.74, 6) is 0.572. The van der Waals surface area contributed by atoms with Gasteiger partial charge in [-0.1, -0.05) is 170 Å². The monoisotopic (exact) mass is 619 g/mol. The first-order valence-electron chi connectivity index (χ1n) is 16.6. The molecule has 3 N–H and O–H groups in total. The van der Waals surface area contributed by atoms with Crippen LogP contribution in [0.15, 0.2) is 152 Å². The van der Waals surface area contributed by atoms with E-state index < -0.39 is 6.10 Å². The molecule has 2 heteroatoms. The highest BCUT2D eigenvalue weighted by molar-refractivity contribution is 5.86. The van der Waals surface area contributed by atoms with Gasteiger partial charge in [0.1, 0.15) is 0 Å². The first-order chi connectivity index (χ1) is 22.8. The first kappa shape index (κ1) is 35.1. The lowest BCUT2D eigenvalue weighted by molar-refractivity contribution is 0.229. The van der Waals surface area contributed by atoms with Crippen LogP contribution >= 0.6 is 0 Å². The van der Waals surface area contributed by atoms with E-state index in [1.54, 1.807) is 0 Å². The van der Waals surface area contributed by atoms with Crippen LogP contribution in [0.3, 0.4) is 0 Å². The number of aliphatic hydroxyl groups excluding tert-OH is 1. The summed E-state index contributed by atoms with van der Waals surface area (Å²) in [6.45, 7) is 12.0. The minimum Gasteiger partial charge on any atom is -0.384 e. The zero-order valence-electron chi connectivity index (χ0n) is 28.3. The van der Waals surface area contributed by atoms with Crippen molar-refractivity contribution in [1.29, 1.82) is 0 Å². The van der Waals surface area contributed by atoms with Crippen LogP contribution in [0.25, 0.3) is 27.6 Å². The molecule has 6 rings (SSSR count). The Kier molecular flexibility index (Phi) is 13.3. The zero-order valence-corrected chi connectivity index (χ0v) is 28.3. The Morgan fingerprint density at radius 1 is 0.660 bits per heavy atom. The summed E-state index contributed by atoms with van der Waals surface area (Å²) < 4.78 is 0. The third-order valence-electron chi connectivity index (χ3n) is 8.39. The molecular formula is C45H49NO. The van der Waals surface area contributed by atoms with E-state index in [2.05, 4.69) is 130 Å². The summed E-state index contributed by atoms with van der Waals surface area (Å²) in [4.78, 5) is 0. The van der Waals surface area contributed by atoms with Gasteiger partial charge in [-0.15, -0.1) is 6.58 Å². The fourth-order valence-corrected chi connectivity index (χ4v) is 5.81. The molecule has 0 amide bonds. The second kappa shape index (κ2) is 17.8. The number of nitrogens with two attached hydrogens (primary N) is 1. The van der Waals surface area contributed by atoms with Crippen molar-refractivity contribution in [3.05, 3.63) is 186 Å². The van der Waals surface area contributed by atoms with Crippen LogP contribution in [-0.4, -0.2) is 5.11 Å². The van der Waals surface area contributed by atoms with Crippen LogP contribution in [0.4, 0.5) is 0 Å². The fraction of sp³-hybridized carbons (Fsp3) is 0.200. The third kappa shape index (κ3) is 10.4. The highest BCUT2D eigenvalue weighted by Gasteiger charge is 2.08. The molecule has 47 heavy (non-hydrogen) atoms. The lowest BCUT2D eigenvalue weighted by atomic mass is 9.91. The molecule has 0 aliphatic rings. The van der Waals surface area contributed by atoms with E-state index in [1.807, 2.05) is 50.2 Å². The van der Waals surface area contributed by atoms with Crippen LogP contribution in [0.5, 0.6) is 0 Å². The molecule has 0 aliphatic carbocycles. The maximum Gasteiger partial charge on any atom is 0.0969 e. The second-order valence-electron chi connectivity index (χ2n) is 12.3. The highest BCUT2D eigenvalue weighted by atomic mass is 16.3. The van der Waals surface area contributed by atoms with Gasteiger partial charge in [0.15, 0.2) is 0 Å². The van der Waals surface area contributed by atoms with Crippen LogP contribution in [-0.2, 0) is 0 Å². The maximum absolute atomic E-state index is 9.34. The molecular weight excluding hydrogens is 571 g/mol. The van der Waals surface area contributed by atoms with Crippen molar-refractivity contribution in [3.63, 3.8) is 0 Å². The predicted molar refractivity (Wildman–Crippen MR) is 205 cm³/mol. The highest BCUT2D eigenvalue weighted by Crippen LogP contribution is 2.28. The van der Waals surface area contributed by atoms with Crippen LogP contribution in [0, 0.1) is 13.8 Å². The molecule has 0 heterocycles. The molecule has 1 unspecified atom stereocenters. The smallest absolute Gasteiger partial charge is 0.0969 e. The van der Waals surface area contributed by atoms with Gasteiger partial charge >= 0.3 is 0 Å². The van der Waals surface area contributed by atoms with Gasteiger partial charge in [-0.25, -0.2) is 0 Å². The quantitative estimate of drug-likeness (QED) is 0.167. The summed E-state index contributed by atoms with van der Waals surface area (Å²) in [7, 11) is 0. The fourth-order valence-electron chi connectivity index (χ4n) is 5.81. The molecule has 6 aromatic carbocycles. The Balaban J connectivity index is 0.000000176. The molecule has 0 saturated carbocycles. The number of rotatable bonds is 8. The number of benzene rings is 6. The topological polar surface area (TPSA) is 46.2 Å². The summed E-state index contributed by atoms with van der Waals surface area (Å²) in [6, 6.07) is 46.4. The Labute approximate surface area is 281 Å². The average molecular weight is 620 g/mol. The van der Waals surface area contributed by atoms with Crippen molar-refractivity contribution < 1.29 is 5.11 Å². The third-order valence-corrected chi connectivity index (χ3v) is 8.39. The number of hydrogen-bond acceptors (Lipinski definition) is 2. The van der Waals surface area contributed by atoms with Crippen molar-refractivity contribution in [2.75, 3.05) is 0 Å². The minimum atomic E-state index is -0.533. The van der Waals surface area contributed by atoms with Crippen LogP contribution in [0.1, 0.15) is 78.1 Å². The first-order valence-corrected chi connectivity index (χ1v) is 16.6. The van der Waals surface area contributed by atoms with Gasteiger partial charge in [0, 0.05) is 6.04 Å².